The maximum atomic E-state index is 12.4. The van der Waals surface area contributed by atoms with Gasteiger partial charge in [0.2, 0.25) is 0 Å². The molecular weight excluding hydrogens is 314 g/mol. The second kappa shape index (κ2) is 8.56. The lowest BCUT2D eigenvalue weighted by Crippen LogP contribution is -2.31. The molecule has 1 amide bonds. The zero-order chi connectivity index (χ0) is 18.4. The highest BCUT2D eigenvalue weighted by atomic mass is 16.5. The van der Waals surface area contributed by atoms with Crippen LogP contribution in [0.1, 0.15) is 36.5 Å². The molecule has 4 nitrogen and oxygen atoms in total. The van der Waals surface area contributed by atoms with E-state index in [1.165, 1.54) is 0 Å². The topological polar surface area (TPSA) is 38.8 Å². The van der Waals surface area contributed by atoms with Crippen molar-refractivity contribution in [3.05, 3.63) is 59.2 Å². The number of para-hydroxylation sites is 1. The van der Waals surface area contributed by atoms with Gasteiger partial charge in [0.1, 0.15) is 11.5 Å². The fourth-order valence-corrected chi connectivity index (χ4v) is 2.67. The fraction of sp³-hybridized carbons (Fsp3) is 0.381. The molecule has 2 aromatic carbocycles. The van der Waals surface area contributed by atoms with Crippen LogP contribution in [0.25, 0.3) is 0 Å². The highest BCUT2D eigenvalue weighted by molar-refractivity contribution is 5.77. The van der Waals surface area contributed by atoms with Crippen LogP contribution in [-0.4, -0.2) is 31.6 Å². The maximum Gasteiger partial charge on any atom is 0.260 e. The number of hydrogen-bond acceptors (Lipinski definition) is 3. The Bertz CT molecular complexity index is 725. The number of methoxy groups -OCH3 is 1. The highest BCUT2D eigenvalue weighted by Crippen LogP contribution is 2.27. The van der Waals surface area contributed by atoms with Crippen molar-refractivity contribution in [2.75, 3.05) is 20.8 Å². The monoisotopic (exact) mass is 341 g/mol. The predicted molar refractivity (Wildman–Crippen MR) is 100 cm³/mol. The summed E-state index contributed by atoms with van der Waals surface area (Å²) in [5, 5.41) is 0. The maximum absolute atomic E-state index is 12.4. The van der Waals surface area contributed by atoms with Gasteiger partial charge in [-0.2, -0.15) is 0 Å². The van der Waals surface area contributed by atoms with E-state index in [0.29, 0.717) is 12.5 Å². The number of aryl methyl sites for hydroxylation is 1. The Balaban J connectivity index is 2.01. The summed E-state index contributed by atoms with van der Waals surface area (Å²) in [4.78, 5) is 14.1. The molecule has 0 aromatic heterocycles. The summed E-state index contributed by atoms with van der Waals surface area (Å²) in [7, 11) is 3.41. The minimum atomic E-state index is -0.0675. The molecule has 0 N–H and O–H groups in total. The fourth-order valence-electron chi connectivity index (χ4n) is 2.67. The average molecular weight is 341 g/mol. The number of hydrogen-bond donors (Lipinski definition) is 0. The third-order valence-corrected chi connectivity index (χ3v) is 4.17. The Morgan fingerprint density at radius 3 is 2.52 bits per heavy atom. The largest absolute Gasteiger partial charge is 0.496 e. The molecule has 4 heteroatoms. The van der Waals surface area contributed by atoms with E-state index >= 15 is 0 Å². The Morgan fingerprint density at radius 2 is 1.84 bits per heavy atom. The Kier molecular flexibility index (Phi) is 6.45. The van der Waals surface area contributed by atoms with E-state index in [-0.39, 0.29) is 12.5 Å². The highest BCUT2D eigenvalue weighted by Gasteiger charge is 2.14. The number of amides is 1. The quantitative estimate of drug-likeness (QED) is 0.759. The van der Waals surface area contributed by atoms with Gasteiger partial charge in [-0.15, -0.1) is 0 Å². The minimum Gasteiger partial charge on any atom is -0.496 e. The van der Waals surface area contributed by atoms with Gasteiger partial charge in [0, 0.05) is 19.2 Å². The third kappa shape index (κ3) is 4.99. The molecule has 0 spiro atoms. The molecule has 0 bridgehead atoms. The van der Waals surface area contributed by atoms with Crippen LogP contribution in [0.2, 0.25) is 0 Å². The Hall–Kier alpha value is -2.49. The van der Waals surface area contributed by atoms with Crippen LogP contribution < -0.4 is 9.47 Å². The van der Waals surface area contributed by atoms with Crippen molar-refractivity contribution in [2.45, 2.75) is 33.2 Å². The molecule has 0 radical (unpaired) electrons. The second-order valence-corrected chi connectivity index (χ2v) is 6.55. The number of carbonyl (C=O) groups excluding carboxylic acids is 1. The molecule has 0 saturated heterocycles. The molecule has 134 valence electrons. The van der Waals surface area contributed by atoms with Gasteiger partial charge in [-0.25, -0.2) is 0 Å². The zero-order valence-electron chi connectivity index (χ0n) is 15.7. The van der Waals surface area contributed by atoms with E-state index in [4.69, 9.17) is 9.47 Å². The molecule has 0 aliphatic rings. The average Bonchev–Trinajstić information content (AvgIpc) is 2.59. The van der Waals surface area contributed by atoms with Crippen LogP contribution in [0, 0.1) is 6.92 Å². The summed E-state index contributed by atoms with van der Waals surface area (Å²) in [6.45, 7) is 6.76. The molecule has 0 aliphatic heterocycles. The van der Waals surface area contributed by atoms with Crippen molar-refractivity contribution in [2.24, 2.45) is 0 Å². The molecule has 0 saturated carbocycles. The molecule has 0 aliphatic carbocycles. The molecule has 2 aromatic rings. The van der Waals surface area contributed by atoms with Crippen molar-refractivity contribution >= 4 is 5.91 Å². The first kappa shape index (κ1) is 18.8. The number of rotatable bonds is 7. The Labute approximate surface area is 150 Å². The molecule has 2 rings (SSSR count). The SMILES string of the molecule is COc1ccccc1CN(C)C(=O)COc1cc(C)ccc1C(C)C. The van der Waals surface area contributed by atoms with Crippen LogP contribution in [0.3, 0.4) is 0 Å². The van der Waals surface area contributed by atoms with Crippen LogP contribution in [0.15, 0.2) is 42.5 Å². The minimum absolute atomic E-state index is 0.0226. The van der Waals surface area contributed by atoms with E-state index < -0.39 is 0 Å². The van der Waals surface area contributed by atoms with Gasteiger partial charge in [0.05, 0.1) is 7.11 Å². The van der Waals surface area contributed by atoms with Gasteiger partial charge in [0.15, 0.2) is 6.61 Å². The van der Waals surface area contributed by atoms with Crippen LogP contribution >= 0.6 is 0 Å². The van der Waals surface area contributed by atoms with Gasteiger partial charge in [-0.1, -0.05) is 44.2 Å². The normalized spacial score (nSPS) is 10.6. The predicted octanol–water partition coefficient (Wildman–Crippen LogP) is 4.16. The van der Waals surface area contributed by atoms with Crippen molar-refractivity contribution in [3.63, 3.8) is 0 Å². The lowest BCUT2D eigenvalue weighted by Gasteiger charge is -2.20. The van der Waals surface area contributed by atoms with Crippen molar-refractivity contribution in [1.29, 1.82) is 0 Å². The molecule has 25 heavy (non-hydrogen) atoms. The van der Waals surface area contributed by atoms with Crippen LogP contribution in [0.4, 0.5) is 0 Å². The van der Waals surface area contributed by atoms with Gasteiger partial charge < -0.3 is 14.4 Å². The zero-order valence-corrected chi connectivity index (χ0v) is 15.7. The summed E-state index contributed by atoms with van der Waals surface area (Å²) in [6.07, 6.45) is 0. The van der Waals surface area contributed by atoms with Gasteiger partial charge >= 0.3 is 0 Å². The van der Waals surface area contributed by atoms with Gasteiger partial charge in [0.25, 0.3) is 5.91 Å². The van der Waals surface area contributed by atoms with Crippen LogP contribution in [-0.2, 0) is 11.3 Å². The van der Waals surface area contributed by atoms with E-state index in [2.05, 4.69) is 26.0 Å². The first-order valence-electron chi connectivity index (χ1n) is 8.51. The number of likely N-dealkylation sites (N-methyl/N-ethyl adjacent to an activating group) is 1. The lowest BCUT2D eigenvalue weighted by molar-refractivity contribution is -0.132. The third-order valence-electron chi connectivity index (χ3n) is 4.17. The molecule has 0 heterocycles. The number of carbonyl (C=O) groups is 1. The van der Waals surface area contributed by atoms with Gasteiger partial charge in [-0.05, 0) is 36.1 Å². The van der Waals surface area contributed by atoms with E-state index in [1.807, 2.05) is 37.3 Å². The van der Waals surface area contributed by atoms with Crippen molar-refractivity contribution in [3.8, 4) is 11.5 Å². The smallest absolute Gasteiger partial charge is 0.260 e. The van der Waals surface area contributed by atoms with E-state index in [9.17, 15) is 4.79 Å². The number of nitrogens with zero attached hydrogens (tertiary/aromatic N) is 1. The first-order valence-corrected chi connectivity index (χ1v) is 8.51. The van der Waals surface area contributed by atoms with Crippen molar-refractivity contribution < 1.29 is 14.3 Å². The molecule has 0 fully saturated rings. The lowest BCUT2D eigenvalue weighted by atomic mass is 10.0. The first-order chi connectivity index (χ1) is 11.9. The number of benzene rings is 2. The molecule has 0 atom stereocenters. The molecule has 0 unspecified atom stereocenters. The van der Waals surface area contributed by atoms with E-state index in [0.717, 1.165) is 28.2 Å². The number of ether oxygens (including phenoxy) is 2. The summed E-state index contributed by atoms with van der Waals surface area (Å²) >= 11 is 0. The van der Waals surface area contributed by atoms with Crippen LogP contribution in [0.5, 0.6) is 11.5 Å². The summed E-state index contributed by atoms with van der Waals surface area (Å²) < 4.78 is 11.2. The summed E-state index contributed by atoms with van der Waals surface area (Å²) in [6, 6.07) is 13.8. The summed E-state index contributed by atoms with van der Waals surface area (Å²) in [5.41, 5.74) is 3.21. The summed E-state index contributed by atoms with van der Waals surface area (Å²) in [5.74, 6) is 1.84. The second-order valence-electron chi connectivity index (χ2n) is 6.55. The van der Waals surface area contributed by atoms with E-state index in [1.54, 1.807) is 19.1 Å². The standard InChI is InChI=1S/C21H27NO3/c1-15(2)18-11-10-16(3)12-20(18)25-14-21(23)22(4)13-17-8-6-7-9-19(17)24-5/h6-12,15H,13-14H2,1-5H3. The van der Waals surface area contributed by atoms with Gasteiger partial charge in [-0.3, -0.25) is 4.79 Å². The Morgan fingerprint density at radius 1 is 1.12 bits per heavy atom. The van der Waals surface area contributed by atoms with Crippen molar-refractivity contribution in [1.82, 2.24) is 4.90 Å². The molecular formula is C21H27NO3.